The molecule has 1 N–H and O–H groups in total. The van der Waals surface area contributed by atoms with Gasteiger partial charge >= 0.3 is 11.9 Å². The number of nitrogens with one attached hydrogen (secondary N) is 1. The van der Waals surface area contributed by atoms with Crippen LogP contribution >= 0.6 is 0 Å². The number of aryl methyl sites for hydroxylation is 1. The second kappa shape index (κ2) is 9.62. The van der Waals surface area contributed by atoms with E-state index < -0.39 is 11.9 Å². The van der Waals surface area contributed by atoms with E-state index in [-0.39, 0.29) is 23.7 Å². The van der Waals surface area contributed by atoms with Crippen molar-refractivity contribution in [3.8, 4) is 0 Å². The van der Waals surface area contributed by atoms with Crippen molar-refractivity contribution in [3.63, 3.8) is 0 Å². The summed E-state index contributed by atoms with van der Waals surface area (Å²) in [5.41, 5.74) is 1.82. The molecule has 0 bridgehead atoms. The number of hydrogen-bond donors (Lipinski definition) is 1. The second-order valence-electron chi connectivity index (χ2n) is 6.58. The fourth-order valence-corrected chi connectivity index (χ4v) is 3.10. The van der Waals surface area contributed by atoms with Crippen LogP contribution in [0.25, 0.3) is 0 Å². The first-order valence-corrected chi connectivity index (χ1v) is 9.42. The predicted octanol–water partition coefficient (Wildman–Crippen LogP) is 3.01. The first-order chi connectivity index (χ1) is 15.0. The Bertz CT molecular complexity index is 1080. The van der Waals surface area contributed by atoms with E-state index >= 15 is 0 Å². The van der Waals surface area contributed by atoms with Crippen molar-refractivity contribution < 1.29 is 28.3 Å². The highest BCUT2D eigenvalue weighted by Crippen LogP contribution is 2.29. The van der Waals surface area contributed by atoms with Gasteiger partial charge in [-0.25, -0.2) is 9.59 Å². The molecule has 1 aromatic heterocycles. The Morgan fingerprint density at radius 2 is 1.84 bits per heavy atom. The standard InChI is InChI=1S/C23H22N2O6/c1-15-13-16(21(26)24-14-17-7-6-12-31-17)9-10-19(15)25-11-5-4-8-18(22(27)29-2)20(25)23(28)30-3/h4-13H,14H2,1-3H3,(H,24,26). The van der Waals surface area contributed by atoms with Crippen LogP contribution in [0.2, 0.25) is 0 Å². The smallest absolute Gasteiger partial charge is 0.355 e. The zero-order valence-corrected chi connectivity index (χ0v) is 17.4. The lowest BCUT2D eigenvalue weighted by atomic mass is 10.1. The van der Waals surface area contributed by atoms with Crippen molar-refractivity contribution in [2.45, 2.75) is 13.5 Å². The summed E-state index contributed by atoms with van der Waals surface area (Å²) < 4.78 is 14.9. The summed E-state index contributed by atoms with van der Waals surface area (Å²) in [6, 6.07) is 8.56. The third-order valence-electron chi connectivity index (χ3n) is 4.61. The molecule has 8 heteroatoms. The largest absolute Gasteiger partial charge is 0.467 e. The molecule has 2 heterocycles. The van der Waals surface area contributed by atoms with Crippen molar-refractivity contribution in [1.82, 2.24) is 5.32 Å². The summed E-state index contributed by atoms with van der Waals surface area (Å²) in [5.74, 6) is -0.988. The molecule has 0 atom stereocenters. The number of amides is 1. The number of nitrogens with zero attached hydrogens (tertiary/aromatic N) is 1. The normalized spacial score (nSPS) is 13.1. The fraction of sp³-hybridized carbons (Fsp3) is 0.174. The lowest BCUT2D eigenvalue weighted by molar-refractivity contribution is -0.139. The van der Waals surface area contributed by atoms with E-state index in [0.29, 0.717) is 22.6 Å². The van der Waals surface area contributed by atoms with Crippen LogP contribution in [0.15, 0.2) is 76.7 Å². The molecular formula is C23H22N2O6. The minimum absolute atomic E-state index is 0.0115. The number of rotatable bonds is 6. The Morgan fingerprint density at radius 1 is 1.06 bits per heavy atom. The van der Waals surface area contributed by atoms with E-state index in [1.807, 2.05) is 0 Å². The maximum Gasteiger partial charge on any atom is 0.355 e. The van der Waals surface area contributed by atoms with Crippen molar-refractivity contribution >= 4 is 23.5 Å². The molecule has 8 nitrogen and oxygen atoms in total. The molecule has 3 rings (SSSR count). The SMILES string of the molecule is COC(=O)C1=C(C(=O)OC)N(c2ccc(C(=O)NCc3ccco3)cc2C)C=CC=C1. The number of ether oxygens (including phenoxy) is 2. The summed E-state index contributed by atoms with van der Waals surface area (Å²) in [6.45, 7) is 2.07. The zero-order chi connectivity index (χ0) is 22.4. The van der Waals surface area contributed by atoms with Crippen LogP contribution < -0.4 is 10.2 Å². The van der Waals surface area contributed by atoms with E-state index in [1.54, 1.807) is 61.9 Å². The van der Waals surface area contributed by atoms with Crippen molar-refractivity contribution in [1.29, 1.82) is 0 Å². The zero-order valence-electron chi connectivity index (χ0n) is 17.4. The summed E-state index contributed by atoms with van der Waals surface area (Å²) >= 11 is 0. The number of hydrogen-bond acceptors (Lipinski definition) is 7. The third kappa shape index (κ3) is 4.75. The number of furan rings is 1. The number of anilines is 1. The summed E-state index contributed by atoms with van der Waals surface area (Å²) in [4.78, 5) is 38.9. The average Bonchev–Trinajstić information content (AvgIpc) is 3.21. The molecule has 0 spiro atoms. The van der Waals surface area contributed by atoms with Gasteiger partial charge in [0.05, 0.1) is 32.6 Å². The molecule has 0 fully saturated rings. The molecule has 0 unspecified atom stereocenters. The minimum atomic E-state index is -0.698. The van der Waals surface area contributed by atoms with Gasteiger partial charge in [0, 0.05) is 17.5 Å². The van der Waals surface area contributed by atoms with E-state index in [4.69, 9.17) is 13.9 Å². The Morgan fingerprint density at radius 3 is 2.48 bits per heavy atom. The van der Waals surface area contributed by atoms with Gasteiger partial charge in [-0.05, 0) is 55.0 Å². The van der Waals surface area contributed by atoms with Crippen LogP contribution in [0.1, 0.15) is 21.7 Å². The van der Waals surface area contributed by atoms with Crippen LogP contribution in [-0.2, 0) is 25.6 Å². The Hall–Kier alpha value is -4.07. The maximum atomic E-state index is 12.5. The lowest BCUT2D eigenvalue weighted by Gasteiger charge is -2.25. The number of allylic oxidation sites excluding steroid dienone is 2. The van der Waals surface area contributed by atoms with E-state index in [1.165, 1.54) is 25.2 Å². The lowest BCUT2D eigenvalue weighted by Crippen LogP contribution is -2.28. The van der Waals surface area contributed by atoms with Gasteiger partial charge in [-0.15, -0.1) is 0 Å². The second-order valence-corrected chi connectivity index (χ2v) is 6.58. The van der Waals surface area contributed by atoms with Crippen molar-refractivity contribution in [2.24, 2.45) is 0 Å². The molecule has 0 radical (unpaired) electrons. The predicted molar refractivity (Wildman–Crippen MR) is 113 cm³/mol. The number of carbonyl (C=O) groups excluding carboxylic acids is 3. The first-order valence-electron chi connectivity index (χ1n) is 9.42. The molecule has 0 aliphatic carbocycles. The molecule has 0 saturated heterocycles. The molecule has 0 saturated carbocycles. The van der Waals surface area contributed by atoms with Crippen molar-refractivity contribution in [2.75, 3.05) is 19.1 Å². The molecule has 160 valence electrons. The molecule has 1 amide bonds. The fourth-order valence-electron chi connectivity index (χ4n) is 3.10. The van der Waals surface area contributed by atoms with Crippen LogP contribution in [-0.4, -0.2) is 32.1 Å². The molecular weight excluding hydrogens is 400 g/mol. The summed E-state index contributed by atoms with van der Waals surface area (Å²) in [7, 11) is 2.47. The monoisotopic (exact) mass is 422 g/mol. The highest BCUT2D eigenvalue weighted by atomic mass is 16.5. The quantitative estimate of drug-likeness (QED) is 0.715. The molecule has 1 aromatic carbocycles. The van der Waals surface area contributed by atoms with Gasteiger partial charge in [-0.2, -0.15) is 0 Å². The van der Waals surface area contributed by atoms with Crippen LogP contribution in [0.4, 0.5) is 5.69 Å². The van der Waals surface area contributed by atoms with Gasteiger partial charge < -0.3 is 24.1 Å². The molecule has 1 aliphatic rings. The van der Waals surface area contributed by atoms with E-state index in [9.17, 15) is 14.4 Å². The van der Waals surface area contributed by atoms with Gasteiger partial charge in [-0.3, -0.25) is 4.79 Å². The number of benzene rings is 1. The topological polar surface area (TPSA) is 98.1 Å². The Labute approximate surface area is 179 Å². The van der Waals surface area contributed by atoms with Crippen LogP contribution in [0, 0.1) is 6.92 Å². The summed E-state index contributed by atoms with van der Waals surface area (Å²) in [6.07, 6.45) is 7.97. The van der Waals surface area contributed by atoms with E-state index in [0.717, 1.165) is 0 Å². The summed E-state index contributed by atoms with van der Waals surface area (Å²) in [5, 5.41) is 2.79. The van der Waals surface area contributed by atoms with Gasteiger partial charge in [0.2, 0.25) is 0 Å². The number of carbonyl (C=O) groups is 3. The third-order valence-corrected chi connectivity index (χ3v) is 4.61. The highest BCUT2D eigenvalue weighted by Gasteiger charge is 2.28. The molecule has 1 aliphatic heterocycles. The maximum absolute atomic E-state index is 12.5. The number of esters is 2. The van der Waals surface area contributed by atoms with Gasteiger partial charge in [0.1, 0.15) is 11.5 Å². The van der Waals surface area contributed by atoms with Gasteiger partial charge in [0.15, 0.2) is 0 Å². The minimum Gasteiger partial charge on any atom is -0.467 e. The van der Waals surface area contributed by atoms with Gasteiger partial charge in [0.25, 0.3) is 5.91 Å². The average molecular weight is 422 g/mol. The molecule has 31 heavy (non-hydrogen) atoms. The highest BCUT2D eigenvalue weighted by molar-refractivity contribution is 6.05. The van der Waals surface area contributed by atoms with Crippen LogP contribution in [0.3, 0.4) is 0 Å². The molecule has 2 aromatic rings. The van der Waals surface area contributed by atoms with Crippen LogP contribution in [0.5, 0.6) is 0 Å². The van der Waals surface area contributed by atoms with Gasteiger partial charge in [-0.1, -0.05) is 6.08 Å². The first kappa shape index (κ1) is 21.6. The Balaban J connectivity index is 1.93. The van der Waals surface area contributed by atoms with E-state index in [2.05, 4.69) is 5.32 Å². The Kier molecular flexibility index (Phi) is 6.71. The number of methoxy groups -OCH3 is 2. The van der Waals surface area contributed by atoms with Crippen molar-refractivity contribution in [3.05, 3.63) is 89.2 Å².